The molecule has 1 N–H and O–H groups in total. The molecule has 2 unspecified atom stereocenters. The minimum atomic E-state index is 0.210. The van der Waals surface area contributed by atoms with Gasteiger partial charge in [0.2, 0.25) is 0 Å². The van der Waals surface area contributed by atoms with Crippen LogP contribution in [-0.4, -0.2) is 44.3 Å². The van der Waals surface area contributed by atoms with Gasteiger partial charge >= 0.3 is 0 Å². The Labute approximate surface area is 116 Å². The Bertz CT molecular complexity index is 402. The summed E-state index contributed by atoms with van der Waals surface area (Å²) in [5.74, 6) is 1.08. The fraction of sp³-hybridized carbons (Fsp3) is 0.857. The van der Waals surface area contributed by atoms with E-state index < -0.39 is 0 Å². The van der Waals surface area contributed by atoms with Crippen LogP contribution in [0, 0.1) is 0 Å². The number of aryl methyl sites for hydroxylation is 1. The van der Waals surface area contributed by atoms with Crippen LogP contribution in [0.2, 0.25) is 0 Å². The number of hydrogen-bond donors (Lipinski definition) is 1. The maximum Gasteiger partial charge on any atom is 0.141 e. The van der Waals surface area contributed by atoms with E-state index in [9.17, 15) is 0 Å². The van der Waals surface area contributed by atoms with Crippen LogP contribution >= 0.6 is 0 Å². The molecule has 1 aromatic heterocycles. The van der Waals surface area contributed by atoms with E-state index in [0.29, 0.717) is 6.04 Å². The Morgan fingerprint density at radius 3 is 2.95 bits per heavy atom. The van der Waals surface area contributed by atoms with Gasteiger partial charge in [0.05, 0.1) is 6.54 Å². The van der Waals surface area contributed by atoms with E-state index in [1.807, 2.05) is 4.68 Å². The Balaban J connectivity index is 2.12. The minimum Gasteiger partial charge on any atom is -0.310 e. The lowest BCUT2D eigenvalue weighted by Gasteiger charge is -2.34. The van der Waals surface area contributed by atoms with Crippen LogP contribution in [0.1, 0.15) is 46.4 Å². The molecule has 0 amide bonds. The number of hydrogen-bond acceptors (Lipinski definition) is 4. The molecule has 0 saturated carbocycles. The predicted octanol–water partition coefficient (Wildman–Crippen LogP) is 1.65. The Hall–Kier alpha value is -0.940. The molecule has 19 heavy (non-hydrogen) atoms. The Morgan fingerprint density at radius 1 is 1.47 bits per heavy atom. The molecule has 1 aliphatic heterocycles. The van der Waals surface area contributed by atoms with Crippen LogP contribution < -0.4 is 5.32 Å². The Morgan fingerprint density at radius 2 is 2.26 bits per heavy atom. The van der Waals surface area contributed by atoms with Crippen molar-refractivity contribution in [2.24, 2.45) is 0 Å². The molecule has 0 radical (unpaired) electrons. The van der Waals surface area contributed by atoms with Gasteiger partial charge in [0.25, 0.3) is 0 Å². The topological polar surface area (TPSA) is 46.0 Å². The molecular weight excluding hydrogens is 238 g/mol. The van der Waals surface area contributed by atoms with Gasteiger partial charge in [0, 0.05) is 24.7 Å². The summed E-state index contributed by atoms with van der Waals surface area (Å²) in [5, 5.41) is 7.96. The SMILES string of the molecule is CCn1ncnc1CN1CC(C)(CC)NCCC1C. The van der Waals surface area contributed by atoms with E-state index in [4.69, 9.17) is 0 Å². The van der Waals surface area contributed by atoms with E-state index in [2.05, 4.69) is 48.0 Å². The average Bonchev–Trinajstić information content (AvgIpc) is 2.79. The first-order valence-corrected chi connectivity index (χ1v) is 7.43. The van der Waals surface area contributed by atoms with E-state index >= 15 is 0 Å². The molecule has 1 saturated heterocycles. The molecule has 2 rings (SSSR count). The third-order valence-corrected chi connectivity index (χ3v) is 4.41. The van der Waals surface area contributed by atoms with E-state index in [1.165, 1.54) is 6.42 Å². The maximum absolute atomic E-state index is 4.41. The first kappa shape index (κ1) is 14.5. The molecule has 0 aliphatic carbocycles. The lowest BCUT2D eigenvalue weighted by molar-refractivity contribution is 0.157. The summed E-state index contributed by atoms with van der Waals surface area (Å²) in [7, 11) is 0. The number of rotatable bonds is 4. The highest BCUT2D eigenvalue weighted by molar-refractivity contribution is 4.93. The van der Waals surface area contributed by atoms with Gasteiger partial charge in [-0.1, -0.05) is 6.92 Å². The molecule has 5 nitrogen and oxygen atoms in total. The van der Waals surface area contributed by atoms with Gasteiger partial charge in [-0.2, -0.15) is 5.10 Å². The molecule has 5 heteroatoms. The summed E-state index contributed by atoms with van der Waals surface area (Å²) < 4.78 is 1.99. The van der Waals surface area contributed by atoms with Crippen molar-refractivity contribution in [3.05, 3.63) is 12.2 Å². The van der Waals surface area contributed by atoms with Gasteiger partial charge in [0.15, 0.2) is 0 Å². The zero-order valence-corrected chi connectivity index (χ0v) is 12.7. The standard InChI is InChI=1S/C14H27N5/c1-5-14(4)10-18(12(3)7-8-16-14)9-13-15-11-17-19(13)6-2/h11-12,16H,5-10H2,1-4H3. The lowest BCUT2D eigenvalue weighted by Crippen LogP contribution is -2.49. The van der Waals surface area contributed by atoms with Crippen molar-refractivity contribution in [1.82, 2.24) is 25.0 Å². The molecule has 1 aromatic rings. The first-order valence-electron chi connectivity index (χ1n) is 7.43. The summed E-state index contributed by atoms with van der Waals surface area (Å²) >= 11 is 0. The van der Waals surface area contributed by atoms with Crippen molar-refractivity contribution in [1.29, 1.82) is 0 Å². The molecule has 1 aliphatic rings. The highest BCUT2D eigenvalue weighted by Gasteiger charge is 2.30. The summed E-state index contributed by atoms with van der Waals surface area (Å²) in [4.78, 5) is 6.95. The van der Waals surface area contributed by atoms with E-state index in [0.717, 1.165) is 38.4 Å². The summed E-state index contributed by atoms with van der Waals surface area (Å²) in [6.45, 7) is 13.0. The molecular formula is C14H27N5. The maximum atomic E-state index is 4.41. The van der Waals surface area contributed by atoms with E-state index in [1.54, 1.807) is 6.33 Å². The second-order valence-electron chi connectivity index (χ2n) is 5.88. The highest BCUT2D eigenvalue weighted by Crippen LogP contribution is 2.20. The molecule has 2 atom stereocenters. The van der Waals surface area contributed by atoms with Crippen LogP contribution in [0.4, 0.5) is 0 Å². The molecule has 0 aromatic carbocycles. The van der Waals surface area contributed by atoms with Gasteiger partial charge in [-0.05, 0) is 40.2 Å². The summed E-state index contributed by atoms with van der Waals surface area (Å²) in [6.07, 6.45) is 4.01. The quantitative estimate of drug-likeness (QED) is 0.899. The van der Waals surface area contributed by atoms with Crippen LogP contribution in [0.3, 0.4) is 0 Å². The van der Waals surface area contributed by atoms with Crippen molar-refractivity contribution in [3.8, 4) is 0 Å². The first-order chi connectivity index (χ1) is 9.08. The van der Waals surface area contributed by atoms with Crippen molar-refractivity contribution < 1.29 is 0 Å². The molecule has 108 valence electrons. The third-order valence-electron chi connectivity index (χ3n) is 4.41. The third kappa shape index (κ3) is 3.34. The number of aromatic nitrogens is 3. The van der Waals surface area contributed by atoms with Gasteiger partial charge in [-0.25, -0.2) is 9.67 Å². The molecule has 1 fully saturated rings. The number of nitrogens with one attached hydrogen (secondary N) is 1. The zero-order valence-electron chi connectivity index (χ0n) is 12.7. The van der Waals surface area contributed by atoms with Crippen molar-refractivity contribution in [2.75, 3.05) is 13.1 Å². The van der Waals surface area contributed by atoms with Crippen LogP contribution in [0.25, 0.3) is 0 Å². The second kappa shape index (κ2) is 6.01. The van der Waals surface area contributed by atoms with Crippen LogP contribution in [0.5, 0.6) is 0 Å². The Kier molecular flexibility index (Phi) is 4.58. The normalized spacial score (nSPS) is 29.4. The van der Waals surface area contributed by atoms with Gasteiger partial charge in [0.1, 0.15) is 12.2 Å². The minimum absolute atomic E-state index is 0.210. The van der Waals surface area contributed by atoms with Crippen molar-refractivity contribution >= 4 is 0 Å². The fourth-order valence-corrected chi connectivity index (χ4v) is 2.73. The summed E-state index contributed by atoms with van der Waals surface area (Å²) in [6, 6.07) is 0.586. The average molecular weight is 265 g/mol. The van der Waals surface area contributed by atoms with Crippen molar-refractivity contribution in [2.45, 2.75) is 65.2 Å². The van der Waals surface area contributed by atoms with Crippen LogP contribution in [-0.2, 0) is 13.1 Å². The molecule has 0 spiro atoms. The molecule has 2 heterocycles. The monoisotopic (exact) mass is 265 g/mol. The predicted molar refractivity (Wildman–Crippen MR) is 76.9 cm³/mol. The lowest BCUT2D eigenvalue weighted by atomic mass is 9.98. The highest BCUT2D eigenvalue weighted by atomic mass is 15.4. The fourth-order valence-electron chi connectivity index (χ4n) is 2.73. The summed E-state index contributed by atoms with van der Waals surface area (Å²) in [5.41, 5.74) is 0.210. The largest absolute Gasteiger partial charge is 0.310 e. The second-order valence-corrected chi connectivity index (χ2v) is 5.88. The zero-order chi connectivity index (χ0) is 13.9. The van der Waals surface area contributed by atoms with Gasteiger partial charge in [-0.15, -0.1) is 0 Å². The van der Waals surface area contributed by atoms with Gasteiger partial charge in [-0.3, -0.25) is 4.90 Å². The van der Waals surface area contributed by atoms with Crippen LogP contribution in [0.15, 0.2) is 6.33 Å². The smallest absolute Gasteiger partial charge is 0.141 e. The molecule has 0 bridgehead atoms. The number of nitrogens with zero attached hydrogens (tertiary/aromatic N) is 4. The van der Waals surface area contributed by atoms with Crippen molar-refractivity contribution in [3.63, 3.8) is 0 Å². The van der Waals surface area contributed by atoms with Gasteiger partial charge < -0.3 is 5.32 Å². The van der Waals surface area contributed by atoms with E-state index in [-0.39, 0.29) is 5.54 Å².